The summed E-state index contributed by atoms with van der Waals surface area (Å²) in [5.41, 5.74) is 11.0. The van der Waals surface area contributed by atoms with E-state index in [4.69, 9.17) is 20.4 Å². The van der Waals surface area contributed by atoms with Crippen LogP contribution < -0.4 is 10.6 Å². The number of carbonyl (C=O) groups is 1. The molecular weight excluding hydrogens is 514 g/mol. The Hall–Kier alpha value is -3.51. The van der Waals surface area contributed by atoms with Gasteiger partial charge in [-0.05, 0) is 56.2 Å². The molecule has 1 fully saturated rings. The van der Waals surface area contributed by atoms with E-state index in [0.717, 1.165) is 57.9 Å². The predicted octanol–water partition coefficient (Wildman–Crippen LogP) is 3.86. The molecule has 204 valence electrons. The van der Waals surface area contributed by atoms with Crippen LogP contribution in [-0.4, -0.2) is 74.4 Å². The van der Waals surface area contributed by atoms with Crippen molar-refractivity contribution in [2.24, 2.45) is 5.73 Å². The van der Waals surface area contributed by atoms with Crippen molar-refractivity contribution in [2.75, 3.05) is 31.2 Å². The number of morpholine rings is 1. The van der Waals surface area contributed by atoms with Gasteiger partial charge in [0.2, 0.25) is 0 Å². The number of thiazole rings is 1. The van der Waals surface area contributed by atoms with Crippen molar-refractivity contribution < 1.29 is 14.6 Å². The summed E-state index contributed by atoms with van der Waals surface area (Å²) in [6.45, 7) is 8.97. The van der Waals surface area contributed by atoms with Gasteiger partial charge >= 0.3 is 6.03 Å². The smallest absolute Gasteiger partial charge is 0.321 e. The molecule has 10 nitrogen and oxygen atoms in total. The SMILES string of the molecule is CCN(C(N)=O)c1nc2cc(-c3cnc(CCO)nc3)cc(-c3cc(CN4CC(C)OCC4C)ccn3)c2s1. The summed E-state index contributed by atoms with van der Waals surface area (Å²) in [5, 5.41) is 9.75. The van der Waals surface area contributed by atoms with Gasteiger partial charge in [-0.3, -0.25) is 14.8 Å². The van der Waals surface area contributed by atoms with E-state index in [1.54, 1.807) is 12.4 Å². The van der Waals surface area contributed by atoms with Crippen LogP contribution in [0.25, 0.3) is 32.6 Å². The molecule has 0 bridgehead atoms. The summed E-state index contributed by atoms with van der Waals surface area (Å²) in [7, 11) is 0. The number of rotatable bonds is 8. The second-order valence-corrected chi connectivity index (χ2v) is 10.8. The first-order chi connectivity index (χ1) is 18.9. The van der Waals surface area contributed by atoms with Gasteiger partial charge in [0.25, 0.3) is 0 Å². The Balaban J connectivity index is 1.59. The Bertz CT molecular complexity index is 1460. The quantitative estimate of drug-likeness (QED) is 0.340. The molecule has 1 aromatic carbocycles. The molecule has 1 aliphatic heterocycles. The number of anilines is 1. The topological polar surface area (TPSA) is 131 Å². The van der Waals surface area contributed by atoms with Crippen LogP contribution in [0.5, 0.6) is 0 Å². The van der Waals surface area contributed by atoms with Crippen molar-refractivity contribution in [3.63, 3.8) is 0 Å². The Morgan fingerprint density at radius 2 is 2.00 bits per heavy atom. The molecule has 2 amide bonds. The van der Waals surface area contributed by atoms with Crippen molar-refractivity contribution in [3.05, 3.63) is 54.2 Å². The number of carbonyl (C=O) groups excluding carboxylic acids is 1. The third kappa shape index (κ3) is 5.91. The fraction of sp³-hybridized carbons (Fsp3) is 0.393. The van der Waals surface area contributed by atoms with Gasteiger partial charge in [0.05, 0.1) is 35.2 Å². The normalized spacial score (nSPS) is 17.9. The molecule has 4 aromatic rings. The molecule has 1 aliphatic rings. The Labute approximate surface area is 231 Å². The van der Waals surface area contributed by atoms with E-state index in [-0.39, 0.29) is 12.7 Å². The van der Waals surface area contributed by atoms with Gasteiger partial charge in [-0.15, -0.1) is 0 Å². The Morgan fingerprint density at radius 1 is 1.21 bits per heavy atom. The van der Waals surface area contributed by atoms with Crippen LogP contribution in [-0.2, 0) is 17.7 Å². The lowest BCUT2D eigenvalue weighted by Gasteiger charge is -2.36. The third-order valence-electron chi connectivity index (χ3n) is 6.89. The second-order valence-electron chi connectivity index (χ2n) is 9.78. The van der Waals surface area contributed by atoms with E-state index in [9.17, 15) is 9.90 Å². The van der Waals surface area contributed by atoms with Crippen LogP contribution in [0.4, 0.5) is 9.93 Å². The van der Waals surface area contributed by atoms with Gasteiger partial charge in [-0.25, -0.2) is 19.7 Å². The van der Waals surface area contributed by atoms with E-state index in [1.807, 2.05) is 19.2 Å². The standard InChI is InChI=1S/C28H33N7O3S/c1-4-35(27(29)37)28-33-24-11-20(21-12-31-25(6-8-36)32-13-21)10-22(26(24)39-28)23-9-19(5-7-30-23)15-34-14-18(3)38-16-17(34)2/h5,7,9-13,17-18,36H,4,6,8,14-16H2,1-3H3,(H2,29,37). The summed E-state index contributed by atoms with van der Waals surface area (Å²) in [4.78, 5) is 34.3. The van der Waals surface area contributed by atoms with E-state index < -0.39 is 6.03 Å². The molecule has 3 N–H and O–H groups in total. The number of primary amides is 1. The van der Waals surface area contributed by atoms with Gasteiger partial charge in [0.1, 0.15) is 5.82 Å². The van der Waals surface area contributed by atoms with Gasteiger partial charge in [0, 0.05) is 61.8 Å². The lowest BCUT2D eigenvalue weighted by molar-refractivity contribution is -0.0526. The predicted molar refractivity (Wildman–Crippen MR) is 153 cm³/mol. The van der Waals surface area contributed by atoms with Crippen molar-refractivity contribution in [2.45, 2.75) is 45.9 Å². The number of benzene rings is 1. The molecule has 0 saturated carbocycles. The molecule has 0 radical (unpaired) electrons. The zero-order valence-electron chi connectivity index (χ0n) is 22.4. The number of aliphatic hydroxyl groups is 1. The van der Waals surface area contributed by atoms with Crippen molar-refractivity contribution in [3.8, 4) is 22.4 Å². The first kappa shape index (κ1) is 27.1. The minimum atomic E-state index is -0.541. The van der Waals surface area contributed by atoms with Gasteiger partial charge < -0.3 is 15.6 Å². The molecule has 5 rings (SSSR count). The number of fused-ring (bicyclic) bond motifs is 1. The van der Waals surface area contributed by atoms with E-state index in [2.05, 4.69) is 46.9 Å². The monoisotopic (exact) mass is 547 g/mol. The van der Waals surface area contributed by atoms with Crippen LogP contribution in [0, 0.1) is 0 Å². The molecule has 39 heavy (non-hydrogen) atoms. The average Bonchev–Trinajstić information content (AvgIpc) is 3.35. The van der Waals surface area contributed by atoms with Crippen molar-refractivity contribution in [1.29, 1.82) is 0 Å². The number of pyridine rings is 1. The number of amides is 2. The molecule has 2 unspecified atom stereocenters. The third-order valence-corrected chi connectivity index (χ3v) is 8.02. The molecular formula is C28H33N7O3S. The highest BCUT2D eigenvalue weighted by Gasteiger charge is 2.24. The fourth-order valence-corrected chi connectivity index (χ4v) is 5.90. The van der Waals surface area contributed by atoms with Crippen LogP contribution in [0.2, 0.25) is 0 Å². The molecule has 0 spiro atoms. The highest BCUT2D eigenvalue weighted by atomic mass is 32.1. The Kier molecular flexibility index (Phi) is 8.12. The second kappa shape index (κ2) is 11.7. The zero-order valence-corrected chi connectivity index (χ0v) is 23.2. The van der Waals surface area contributed by atoms with E-state index in [1.165, 1.54) is 16.2 Å². The number of aliphatic hydroxyl groups excluding tert-OH is 1. The first-order valence-corrected chi connectivity index (χ1v) is 13.9. The number of urea groups is 1. The van der Waals surface area contributed by atoms with Gasteiger partial charge in [-0.2, -0.15) is 0 Å². The van der Waals surface area contributed by atoms with E-state index >= 15 is 0 Å². The van der Waals surface area contributed by atoms with Crippen molar-refractivity contribution in [1.82, 2.24) is 24.8 Å². The lowest BCUT2D eigenvalue weighted by atomic mass is 10.0. The molecule has 11 heteroatoms. The van der Waals surface area contributed by atoms with Crippen LogP contribution in [0.3, 0.4) is 0 Å². The molecule has 3 aromatic heterocycles. The number of hydrogen-bond acceptors (Lipinski definition) is 9. The maximum Gasteiger partial charge on any atom is 0.321 e. The van der Waals surface area contributed by atoms with Gasteiger partial charge in [-0.1, -0.05) is 11.3 Å². The fourth-order valence-electron chi connectivity index (χ4n) is 4.76. The molecule has 0 aliphatic carbocycles. The zero-order chi connectivity index (χ0) is 27.5. The van der Waals surface area contributed by atoms with Gasteiger partial charge in [0.15, 0.2) is 5.13 Å². The largest absolute Gasteiger partial charge is 0.396 e. The van der Waals surface area contributed by atoms with Crippen LogP contribution in [0.1, 0.15) is 32.2 Å². The van der Waals surface area contributed by atoms with Crippen LogP contribution in [0.15, 0.2) is 42.9 Å². The number of nitrogens with zero attached hydrogens (tertiary/aromatic N) is 6. The number of hydrogen-bond donors (Lipinski definition) is 2. The molecule has 2 atom stereocenters. The molecule has 4 heterocycles. The average molecular weight is 548 g/mol. The summed E-state index contributed by atoms with van der Waals surface area (Å²) in [6, 6.07) is 8.01. The van der Waals surface area contributed by atoms with E-state index in [0.29, 0.717) is 30.0 Å². The maximum absolute atomic E-state index is 12.1. The summed E-state index contributed by atoms with van der Waals surface area (Å²) < 4.78 is 6.72. The highest BCUT2D eigenvalue weighted by Crippen LogP contribution is 2.39. The maximum atomic E-state index is 12.1. The Morgan fingerprint density at radius 3 is 2.72 bits per heavy atom. The molecule has 1 saturated heterocycles. The summed E-state index contributed by atoms with van der Waals surface area (Å²) in [5.74, 6) is 0.583. The minimum absolute atomic E-state index is 0.00496. The number of ether oxygens (including phenoxy) is 1. The number of nitrogens with two attached hydrogens (primary N) is 1. The van der Waals surface area contributed by atoms with Crippen molar-refractivity contribution >= 4 is 32.7 Å². The lowest BCUT2D eigenvalue weighted by Crippen LogP contribution is -2.46. The number of aromatic nitrogens is 4. The minimum Gasteiger partial charge on any atom is -0.396 e. The summed E-state index contributed by atoms with van der Waals surface area (Å²) in [6.07, 6.45) is 5.95. The first-order valence-electron chi connectivity index (χ1n) is 13.1. The summed E-state index contributed by atoms with van der Waals surface area (Å²) >= 11 is 1.42. The van der Waals surface area contributed by atoms with Crippen LogP contribution >= 0.6 is 11.3 Å². The highest BCUT2D eigenvalue weighted by molar-refractivity contribution is 7.23.